The van der Waals surface area contributed by atoms with Gasteiger partial charge in [0, 0.05) is 12.0 Å². The second-order valence-electron chi connectivity index (χ2n) is 4.49. The number of benzene rings is 1. The Balaban J connectivity index is 2.77. The third kappa shape index (κ3) is 5.72. The first-order chi connectivity index (χ1) is 9.23. The minimum Gasteiger partial charge on any atom is -0.489 e. The van der Waals surface area contributed by atoms with Crippen LogP contribution in [0.5, 0.6) is 5.75 Å². The van der Waals surface area contributed by atoms with Crippen molar-refractivity contribution in [1.29, 1.82) is 0 Å². The molecule has 0 bridgehead atoms. The fraction of sp³-hybridized carbons (Fsp3) is 0.500. The molecule has 2 N–H and O–H groups in total. The lowest BCUT2D eigenvalue weighted by Gasteiger charge is -2.17. The molecule has 20 heavy (non-hydrogen) atoms. The normalized spacial score (nSPS) is 13.2. The van der Waals surface area contributed by atoms with E-state index < -0.39 is 21.7 Å². The molecular weight excluding hydrogens is 356 g/mol. The predicted molar refractivity (Wildman–Crippen MR) is 75.9 cm³/mol. The Bertz CT molecular complexity index is 543. The van der Waals surface area contributed by atoms with Crippen LogP contribution in [0.25, 0.3) is 0 Å². The van der Waals surface area contributed by atoms with Gasteiger partial charge in [0.25, 0.3) is 0 Å². The zero-order chi connectivity index (χ0) is 15.3. The number of hydrogen-bond donors (Lipinski definition) is 1. The standard InChI is InChI=1S/C12H16BrF2NO3S/c1-2-3-8(7-20(16,17)18)6-19-12-10(13)4-9(14)5-11(12)15/h4-5,8H,2-3,6-7H2,1H3,(H2,16,17,18). The van der Waals surface area contributed by atoms with Crippen molar-refractivity contribution >= 4 is 26.0 Å². The molecule has 0 aromatic heterocycles. The van der Waals surface area contributed by atoms with E-state index in [0.29, 0.717) is 12.5 Å². The van der Waals surface area contributed by atoms with Crippen LogP contribution in [-0.4, -0.2) is 20.8 Å². The van der Waals surface area contributed by atoms with Gasteiger partial charge in [-0.3, -0.25) is 0 Å². The summed E-state index contributed by atoms with van der Waals surface area (Å²) in [6.07, 6.45) is 1.33. The highest BCUT2D eigenvalue weighted by molar-refractivity contribution is 9.10. The fourth-order valence-corrected chi connectivity index (χ4v) is 3.26. The lowest BCUT2D eigenvalue weighted by molar-refractivity contribution is 0.240. The summed E-state index contributed by atoms with van der Waals surface area (Å²) in [5, 5.41) is 5.00. The summed E-state index contributed by atoms with van der Waals surface area (Å²) < 4.78 is 54.1. The van der Waals surface area contributed by atoms with Gasteiger partial charge in [-0.05, 0) is 28.4 Å². The van der Waals surface area contributed by atoms with Crippen LogP contribution in [0, 0.1) is 17.6 Å². The van der Waals surface area contributed by atoms with Crippen molar-refractivity contribution in [2.24, 2.45) is 11.1 Å². The SMILES string of the molecule is CCCC(COc1c(F)cc(F)cc1Br)CS(N)(=O)=O. The van der Waals surface area contributed by atoms with Crippen LogP contribution in [-0.2, 0) is 10.0 Å². The van der Waals surface area contributed by atoms with Gasteiger partial charge in [0.05, 0.1) is 16.8 Å². The van der Waals surface area contributed by atoms with Gasteiger partial charge in [0.1, 0.15) is 5.82 Å². The van der Waals surface area contributed by atoms with Gasteiger partial charge in [-0.1, -0.05) is 13.3 Å². The molecule has 0 heterocycles. The molecule has 0 saturated heterocycles. The van der Waals surface area contributed by atoms with Crippen molar-refractivity contribution in [3.8, 4) is 5.75 Å². The van der Waals surface area contributed by atoms with Crippen LogP contribution < -0.4 is 9.88 Å². The van der Waals surface area contributed by atoms with E-state index in [-0.39, 0.29) is 28.5 Å². The van der Waals surface area contributed by atoms with Crippen molar-refractivity contribution in [3.05, 3.63) is 28.2 Å². The Morgan fingerprint density at radius 1 is 1.40 bits per heavy atom. The van der Waals surface area contributed by atoms with Gasteiger partial charge >= 0.3 is 0 Å². The summed E-state index contributed by atoms with van der Waals surface area (Å²) in [5.74, 6) is -2.28. The number of rotatable bonds is 7. The predicted octanol–water partition coefficient (Wildman–Crippen LogP) is 2.81. The summed E-state index contributed by atoms with van der Waals surface area (Å²) in [7, 11) is -3.62. The van der Waals surface area contributed by atoms with Crippen molar-refractivity contribution < 1.29 is 21.9 Å². The van der Waals surface area contributed by atoms with Crippen molar-refractivity contribution in [1.82, 2.24) is 0 Å². The highest BCUT2D eigenvalue weighted by atomic mass is 79.9. The number of primary sulfonamides is 1. The highest BCUT2D eigenvalue weighted by Gasteiger charge is 2.18. The van der Waals surface area contributed by atoms with E-state index in [9.17, 15) is 17.2 Å². The summed E-state index contributed by atoms with van der Waals surface area (Å²) in [6.45, 7) is 1.88. The molecule has 0 fully saturated rings. The fourth-order valence-electron chi connectivity index (χ4n) is 1.82. The molecule has 4 nitrogen and oxygen atoms in total. The smallest absolute Gasteiger partial charge is 0.209 e. The zero-order valence-corrected chi connectivity index (χ0v) is 13.3. The van der Waals surface area contributed by atoms with Crippen molar-refractivity contribution in [2.75, 3.05) is 12.4 Å². The molecule has 1 atom stereocenters. The first-order valence-corrected chi connectivity index (χ1v) is 8.51. The van der Waals surface area contributed by atoms with Crippen LogP contribution >= 0.6 is 15.9 Å². The van der Waals surface area contributed by atoms with E-state index in [1.54, 1.807) is 0 Å². The summed E-state index contributed by atoms with van der Waals surface area (Å²) >= 11 is 3.00. The maximum atomic E-state index is 13.5. The molecule has 0 radical (unpaired) electrons. The molecule has 1 unspecified atom stereocenters. The molecule has 0 amide bonds. The Morgan fingerprint density at radius 2 is 2.05 bits per heavy atom. The molecule has 8 heteroatoms. The number of sulfonamides is 1. The van der Waals surface area contributed by atoms with E-state index in [1.807, 2.05) is 6.92 Å². The largest absolute Gasteiger partial charge is 0.489 e. The maximum absolute atomic E-state index is 13.5. The van der Waals surface area contributed by atoms with Crippen LogP contribution in [0.3, 0.4) is 0 Å². The monoisotopic (exact) mass is 371 g/mol. The first-order valence-electron chi connectivity index (χ1n) is 6.00. The third-order valence-electron chi connectivity index (χ3n) is 2.59. The van der Waals surface area contributed by atoms with E-state index >= 15 is 0 Å². The van der Waals surface area contributed by atoms with E-state index in [0.717, 1.165) is 12.5 Å². The van der Waals surface area contributed by atoms with E-state index in [2.05, 4.69) is 15.9 Å². The molecule has 1 aromatic rings. The number of halogens is 3. The van der Waals surface area contributed by atoms with Gasteiger partial charge in [0.2, 0.25) is 10.0 Å². The molecule has 0 aliphatic rings. The minimum atomic E-state index is -3.62. The lowest BCUT2D eigenvalue weighted by atomic mass is 10.1. The zero-order valence-electron chi connectivity index (χ0n) is 10.9. The number of hydrogen-bond acceptors (Lipinski definition) is 3. The molecule has 1 aromatic carbocycles. The van der Waals surface area contributed by atoms with Crippen LogP contribution in [0.4, 0.5) is 8.78 Å². The molecule has 114 valence electrons. The van der Waals surface area contributed by atoms with Crippen LogP contribution in [0.1, 0.15) is 19.8 Å². The summed E-state index contributed by atoms with van der Waals surface area (Å²) in [5.41, 5.74) is 0. The highest BCUT2D eigenvalue weighted by Crippen LogP contribution is 2.29. The van der Waals surface area contributed by atoms with Crippen LogP contribution in [0.15, 0.2) is 16.6 Å². The Hall–Kier alpha value is -0.730. The summed E-state index contributed by atoms with van der Waals surface area (Å²) in [6, 6.07) is 1.78. The average molecular weight is 372 g/mol. The Kier molecular flexibility index (Phi) is 6.35. The first kappa shape index (κ1) is 17.3. The van der Waals surface area contributed by atoms with Gasteiger partial charge in [-0.2, -0.15) is 0 Å². The molecule has 0 aliphatic heterocycles. The second kappa shape index (κ2) is 7.33. The Labute approximate surface area is 125 Å². The third-order valence-corrected chi connectivity index (χ3v) is 4.12. The molecular formula is C12H16BrF2NO3S. The molecule has 0 saturated carbocycles. The van der Waals surface area contributed by atoms with Crippen molar-refractivity contribution in [3.63, 3.8) is 0 Å². The van der Waals surface area contributed by atoms with E-state index in [4.69, 9.17) is 9.88 Å². The quantitative estimate of drug-likeness (QED) is 0.800. The van der Waals surface area contributed by atoms with E-state index in [1.165, 1.54) is 0 Å². The van der Waals surface area contributed by atoms with Crippen molar-refractivity contribution in [2.45, 2.75) is 19.8 Å². The maximum Gasteiger partial charge on any atom is 0.209 e. The molecule has 0 spiro atoms. The second-order valence-corrected chi connectivity index (χ2v) is 7.01. The van der Waals surface area contributed by atoms with Gasteiger partial charge in [-0.15, -0.1) is 0 Å². The minimum absolute atomic E-state index is 0.00851. The lowest BCUT2D eigenvalue weighted by Crippen LogP contribution is -2.27. The Morgan fingerprint density at radius 3 is 2.55 bits per heavy atom. The summed E-state index contributed by atoms with van der Waals surface area (Å²) in [4.78, 5) is 0. The number of ether oxygens (including phenoxy) is 1. The van der Waals surface area contributed by atoms with Gasteiger partial charge in [0.15, 0.2) is 11.6 Å². The van der Waals surface area contributed by atoms with Gasteiger partial charge < -0.3 is 4.74 Å². The molecule has 0 aliphatic carbocycles. The molecule has 1 rings (SSSR count). The topological polar surface area (TPSA) is 69.4 Å². The van der Waals surface area contributed by atoms with Crippen LogP contribution in [0.2, 0.25) is 0 Å². The average Bonchev–Trinajstić information content (AvgIpc) is 2.25. The van der Waals surface area contributed by atoms with Gasteiger partial charge in [-0.25, -0.2) is 22.3 Å². The number of nitrogens with two attached hydrogens (primary N) is 1.